The number of hydrogen-bond donors (Lipinski definition) is 3. The van der Waals surface area contributed by atoms with Gasteiger partial charge in [0.1, 0.15) is 0 Å². The lowest BCUT2D eigenvalue weighted by atomic mass is 9.97. The van der Waals surface area contributed by atoms with Gasteiger partial charge < -0.3 is 20.7 Å². The molecule has 202 valence electrons. The Kier molecular flexibility index (Phi) is 13.1. The number of ether oxygens (including phenoxy) is 1. The van der Waals surface area contributed by atoms with Crippen LogP contribution in [0.1, 0.15) is 65.2 Å². The zero-order valence-corrected chi connectivity index (χ0v) is 21.0. The molecule has 0 aliphatic heterocycles. The Labute approximate surface area is 208 Å². The third kappa shape index (κ3) is 11.3. The van der Waals surface area contributed by atoms with Crippen molar-refractivity contribution < 1.29 is 28.3 Å². The van der Waals surface area contributed by atoms with Crippen LogP contribution in [0.5, 0.6) is 0 Å². The third-order valence-corrected chi connectivity index (χ3v) is 5.38. The number of ketones is 1. The van der Waals surface area contributed by atoms with E-state index in [4.69, 9.17) is 10.5 Å². The minimum absolute atomic E-state index is 0.0447. The van der Waals surface area contributed by atoms with Crippen molar-refractivity contribution >= 4 is 23.7 Å². The van der Waals surface area contributed by atoms with Crippen molar-refractivity contribution in [3.63, 3.8) is 0 Å². The highest BCUT2D eigenvalue weighted by atomic mass is 19.1. The number of nitrogens with zero attached hydrogens (tertiary/aromatic N) is 2. The number of halogens is 1. The van der Waals surface area contributed by atoms with Crippen LogP contribution in [0.2, 0.25) is 0 Å². The van der Waals surface area contributed by atoms with E-state index >= 15 is 0 Å². The van der Waals surface area contributed by atoms with E-state index in [1.54, 1.807) is 11.9 Å². The zero-order valence-electron chi connectivity index (χ0n) is 21.0. The number of nitrogens with two attached hydrogens (primary N) is 1. The van der Waals surface area contributed by atoms with Gasteiger partial charge in [-0.15, -0.1) is 0 Å². The molecule has 4 N–H and O–H groups in total. The number of Topliss-reactive ketones (excluding diaryl/α,β-unsaturated/α-hetero) is 1. The molecular formula is C23H36FN5O7. The van der Waals surface area contributed by atoms with E-state index in [2.05, 4.69) is 12.2 Å². The Hall–Kier alpha value is -3.51. The van der Waals surface area contributed by atoms with Crippen LogP contribution in [0.15, 0.2) is 15.8 Å². The number of unbranched alkanes of at least 4 members (excludes halogenated alkanes) is 4. The van der Waals surface area contributed by atoms with Crippen LogP contribution in [0.3, 0.4) is 0 Å². The molecule has 0 saturated carbocycles. The van der Waals surface area contributed by atoms with Gasteiger partial charge in [0.2, 0.25) is 17.6 Å². The first-order valence-corrected chi connectivity index (χ1v) is 11.9. The molecule has 0 aliphatic rings. The van der Waals surface area contributed by atoms with Gasteiger partial charge in [-0.3, -0.25) is 28.7 Å². The Morgan fingerprint density at radius 3 is 2.47 bits per heavy atom. The highest BCUT2D eigenvalue weighted by Gasteiger charge is 2.25. The molecule has 3 amide bonds. The van der Waals surface area contributed by atoms with Gasteiger partial charge in [0.15, 0.2) is 12.5 Å². The first kappa shape index (κ1) is 30.5. The number of rotatable bonds is 16. The van der Waals surface area contributed by atoms with Gasteiger partial charge in [-0.25, -0.2) is 9.59 Å². The first-order chi connectivity index (χ1) is 16.9. The number of hydrogen-bond acceptors (Lipinski definition) is 7. The van der Waals surface area contributed by atoms with Crippen molar-refractivity contribution in [2.75, 3.05) is 13.6 Å². The number of amides is 3. The summed E-state index contributed by atoms with van der Waals surface area (Å²) in [7, 11) is 1.40. The summed E-state index contributed by atoms with van der Waals surface area (Å²) in [5.74, 6) is -3.02. The minimum Gasteiger partial charge on any atom is -0.427 e. The fraction of sp³-hybridized carbons (Fsp3) is 0.652. The average molecular weight is 514 g/mol. The number of primary amides is 1. The van der Waals surface area contributed by atoms with Crippen LogP contribution in [-0.4, -0.2) is 57.8 Å². The molecule has 1 aromatic heterocycles. The van der Waals surface area contributed by atoms with Crippen molar-refractivity contribution in [1.29, 1.82) is 0 Å². The fourth-order valence-corrected chi connectivity index (χ4v) is 3.51. The van der Waals surface area contributed by atoms with Gasteiger partial charge in [0.25, 0.3) is 5.56 Å². The Morgan fingerprint density at radius 1 is 1.17 bits per heavy atom. The van der Waals surface area contributed by atoms with E-state index in [1.165, 1.54) is 7.05 Å². The van der Waals surface area contributed by atoms with Crippen LogP contribution in [0, 0.1) is 11.7 Å². The molecule has 0 bridgehead atoms. The van der Waals surface area contributed by atoms with Crippen molar-refractivity contribution in [3.8, 4) is 0 Å². The number of carbonyl (C=O) groups is 4. The second-order valence-corrected chi connectivity index (χ2v) is 8.86. The molecule has 0 unspecified atom stereocenters. The lowest BCUT2D eigenvalue weighted by Gasteiger charge is -2.23. The van der Waals surface area contributed by atoms with Crippen LogP contribution in [-0.2, 0) is 25.9 Å². The largest absolute Gasteiger partial charge is 0.427 e. The molecule has 36 heavy (non-hydrogen) atoms. The summed E-state index contributed by atoms with van der Waals surface area (Å²) >= 11 is 0. The van der Waals surface area contributed by atoms with Gasteiger partial charge in [-0.2, -0.15) is 4.39 Å². The normalized spacial score (nSPS) is 12.4. The highest BCUT2D eigenvalue weighted by Crippen LogP contribution is 2.11. The molecule has 0 aliphatic carbocycles. The predicted molar refractivity (Wildman–Crippen MR) is 128 cm³/mol. The molecule has 0 saturated heterocycles. The summed E-state index contributed by atoms with van der Waals surface area (Å²) in [6.45, 7) is 3.23. The summed E-state index contributed by atoms with van der Waals surface area (Å²) in [6, 6.07) is -1.05. The van der Waals surface area contributed by atoms with E-state index in [1.807, 2.05) is 0 Å². The van der Waals surface area contributed by atoms with Crippen LogP contribution in [0.4, 0.5) is 9.18 Å². The molecule has 2 atom stereocenters. The lowest BCUT2D eigenvalue weighted by Crippen LogP contribution is -2.44. The topological polar surface area (TPSA) is 174 Å². The first-order valence-electron chi connectivity index (χ1n) is 11.9. The molecule has 0 aromatic carbocycles. The van der Waals surface area contributed by atoms with E-state index in [0.717, 1.165) is 30.6 Å². The Morgan fingerprint density at radius 2 is 1.83 bits per heavy atom. The zero-order chi connectivity index (χ0) is 27.3. The van der Waals surface area contributed by atoms with Gasteiger partial charge in [0.05, 0.1) is 18.7 Å². The van der Waals surface area contributed by atoms with Gasteiger partial charge in [0, 0.05) is 26.4 Å². The number of aromatic nitrogens is 2. The quantitative estimate of drug-likeness (QED) is 0.277. The highest BCUT2D eigenvalue weighted by molar-refractivity contribution is 5.93. The molecular weight excluding hydrogens is 477 g/mol. The second kappa shape index (κ2) is 15.5. The summed E-state index contributed by atoms with van der Waals surface area (Å²) in [5.41, 5.74) is 3.11. The molecule has 1 aromatic rings. The molecule has 0 fully saturated rings. The Balaban J connectivity index is 2.58. The van der Waals surface area contributed by atoms with Gasteiger partial charge >= 0.3 is 11.8 Å². The van der Waals surface area contributed by atoms with Crippen molar-refractivity contribution in [1.82, 2.24) is 19.8 Å². The van der Waals surface area contributed by atoms with Crippen molar-refractivity contribution in [2.24, 2.45) is 11.7 Å². The molecule has 1 heterocycles. The predicted octanol–water partition coefficient (Wildman–Crippen LogP) is 1.02. The maximum Gasteiger partial charge on any atom is 0.411 e. The third-order valence-electron chi connectivity index (χ3n) is 5.38. The molecule has 0 spiro atoms. The van der Waals surface area contributed by atoms with Crippen molar-refractivity contribution in [3.05, 3.63) is 32.9 Å². The maximum atomic E-state index is 13.3. The van der Waals surface area contributed by atoms with E-state index in [9.17, 15) is 33.2 Å². The number of nitrogens with one attached hydrogen (secondary N) is 2. The van der Waals surface area contributed by atoms with Gasteiger partial charge in [-0.05, 0) is 12.3 Å². The second-order valence-electron chi connectivity index (χ2n) is 8.86. The monoisotopic (exact) mass is 513 g/mol. The summed E-state index contributed by atoms with van der Waals surface area (Å²) in [5, 5.41) is 2.59. The maximum absolute atomic E-state index is 13.3. The van der Waals surface area contributed by atoms with E-state index in [-0.39, 0.29) is 37.6 Å². The number of H-pyrrole nitrogens is 1. The fourth-order valence-electron chi connectivity index (χ4n) is 3.51. The van der Waals surface area contributed by atoms with E-state index < -0.39 is 47.6 Å². The minimum atomic E-state index is -1.21. The smallest absolute Gasteiger partial charge is 0.411 e. The standard InChI is InChI=1S/C23H36FN5O7/c1-4-5-6-7-8-9-20(32)26-17(11-19(25)31)18(30)10-15(2)12-28(3)23(35)36-14-29-13-16(24)21(33)27-22(29)34/h13,15,17H,4-12,14H2,1-3H3,(H2,25,31)(H,26,32)(H,27,33,34)/t15-,17-/m1/s1. The summed E-state index contributed by atoms with van der Waals surface area (Å²) in [4.78, 5) is 74.2. The number of aromatic amines is 1. The summed E-state index contributed by atoms with van der Waals surface area (Å²) < 4.78 is 18.9. The molecule has 0 radical (unpaired) electrons. The molecule has 12 nitrogen and oxygen atoms in total. The molecule has 1 rings (SSSR count). The van der Waals surface area contributed by atoms with Gasteiger partial charge in [-0.1, -0.05) is 39.5 Å². The average Bonchev–Trinajstić information content (AvgIpc) is 2.79. The van der Waals surface area contributed by atoms with Crippen LogP contribution < -0.4 is 22.3 Å². The summed E-state index contributed by atoms with van der Waals surface area (Å²) in [6.07, 6.45) is 4.44. The molecule has 13 heteroatoms. The van der Waals surface area contributed by atoms with E-state index in [0.29, 0.717) is 17.2 Å². The van der Waals surface area contributed by atoms with Crippen LogP contribution in [0.25, 0.3) is 0 Å². The SMILES string of the molecule is CCCCCCCC(=O)N[C@H](CC(N)=O)C(=O)C[C@@H](C)CN(C)C(=O)OCn1cc(F)c(=O)[nH]c1=O. The Bertz CT molecular complexity index is 1020. The van der Waals surface area contributed by atoms with Crippen molar-refractivity contribution in [2.45, 2.75) is 78.0 Å². The number of carbonyl (C=O) groups excluding carboxylic acids is 4. The lowest BCUT2D eigenvalue weighted by molar-refractivity contribution is -0.130. The van der Waals surface area contributed by atoms with Crippen LogP contribution >= 0.6 is 0 Å².